The van der Waals surface area contributed by atoms with Gasteiger partial charge in [0.05, 0.1) is 0 Å². The Morgan fingerprint density at radius 3 is 3.05 bits per heavy atom. The molecule has 1 unspecified atom stereocenters. The number of nitrogens with zero attached hydrogens (tertiary/aromatic N) is 1. The number of aliphatic hydroxyl groups is 1. The Balaban J connectivity index is 1.90. The SMILES string of the molecule is CN1CCCC(Nc2cccc(CCCO)c2)CC1. The van der Waals surface area contributed by atoms with Crippen molar-refractivity contribution in [2.45, 2.75) is 38.1 Å². The molecule has 0 amide bonds. The monoisotopic (exact) mass is 262 g/mol. The fourth-order valence-electron chi connectivity index (χ4n) is 2.72. The van der Waals surface area contributed by atoms with Crippen LogP contribution in [0.1, 0.15) is 31.2 Å². The molecular formula is C16H26N2O. The van der Waals surface area contributed by atoms with Crippen molar-refractivity contribution < 1.29 is 5.11 Å². The number of anilines is 1. The van der Waals surface area contributed by atoms with Crippen LogP contribution in [0.3, 0.4) is 0 Å². The highest BCUT2D eigenvalue weighted by molar-refractivity contribution is 5.46. The first kappa shape index (κ1) is 14.4. The highest BCUT2D eigenvalue weighted by Crippen LogP contribution is 2.18. The largest absolute Gasteiger partial charge is 0.396 e. The zero-order chi connectivity index (χ0) is 13.5. The molecule has 2 rings (SSSR count). The van der Waals surface area contributed by atoms with Gasteiger partial charge in [0, 0.05) is 18.3 Å². The average molecular weight is 262 g/mol. The van der Waals surface area contributed by atoms with Gasteiger partial charge in [-0.05, 0) is 69.9 Å². The van der Waals surface area contributed by atoms with Crippen LogP contribution in [0.5, 0.6) is 0 Å². The quantitative estimate of drug-likeness (QED) is 0.856. The van der Waals surface area contributed by atoms with Gasteiger partial charge in [-0.3, -0.25) is 0 Å². The predicted molar refractivity (Wildman–Crippen MR) is 80.6 cm³/mol. The molecule has 1 fully saturated rings. The molecule has 1 aliphatic heterocycles. The second-order valence-corrected chi connectivity index (χ2v) is 5.60. The molecule has 1 saturated heterocycles. The van der Waals surface area contributed by atoms with Crippen molar-refractivity contribution in [3.05, 3.63) is 29.8 Å². The molecule has 0 aromatic heterocycles. The van der Waals surface area contributed by atoms with Gasteiger partial charge in [-0.2, -0.15) is 0 Å². The molecule has 106 valence electrons. The van der Waals surface area contributed by atoms with E-state index < -0.39 is 0 Å². The van der Waals surface area contributed by atoms with E-state index in [-0.39, 0.29) is 6.61 Å². The maximum Gasteiger partial charge on any atom is 0.0434 e. The second kappa shape index (κ2) is 7.51. The van der Waals surface area contributed by atoms with Crippen molar-refractivity contribution in [3.63, 3.8) is 0 Å². The van der Waals surface area contributed by atoms with Crippen LogP contribution in [0.25, 0.3) is 0 Å². The normalized spacial score (nSPS) is 21.1. The van der Waals surface area contributed by atoms with Gasteiger partial charge in [-0.1, -0.05) is 12.1 Å². The molecule has 1 aromatic rings. The lowest BCUT2D eigenvalue weighted by atomic mass is 10.1. The fourth-order valence-corrected chi connectivity index (χ4v) is 2.72. The summed E-state index contributed by atoms with van der Waals surface area (Å²) in [7, 11) is 2.21. The third-order valence-electron chi connectivity index (χ3n) is 3.87. The van der Waals surface area contributed by atoms with Gasteiger partial charge in [-0.15, -0.1) is 0 Å². The number of rotatable bonds is 5. The Kier molecular flexibility index (Phi) is 5.67. The summed E-state index contributed by atoms with van der Waals surface area (Å²) in [6, 6.07) is 9.22. The summed E-state index contributed by atoms with van der Waals surface area (Å²) in [5.74, 6) is 0. The number of nitrogens with one attached hydrogen (secondary N) is 1. The number of hydrogen-bond donors (Lipinski definition) is 2. The van der Waals surface area contributed by atoms with E-state index in [0.717, 1.165) is 12.8 Å². The van der Waals surface area contributed by atoms with E-state index in [1.807, 2.05) is 0 Å². The average Bonchev–Trinajstić information content (AvgIpc) is 2.62. The summed E-state index contributed by atoms with van der Waals surface area (Å²) in [5.41, 5.74) is 2.54. The summed E-state index contributed by atoms with van der Waals surface area (Å²) >= 11 is 0. The van der Waals surface area contributed by atoms with Crippen molar-refractivity contribution in [3.8, 4) is 0 Å². The lowest BCUT2D eigenvalue weighted by Crippen LogP contribution is -2.23. The van der Waals surface area contributed by atoms with Crippen LogP contribution in [0.2, 0.25) is 0 Å². The number of likely N-dealkylation sites (tertiary alicyclic amines) is 1. The Hall–Kier alpha value is -1.06. The van der Waals surface area contributed by atoms with E-state index in [1.165, 1.54) is 43.6 Å². The van der Waals surface area contributed by atoms with Crippen LogP contribution in [-0.4, -0.2) is 42.8 Å². The van der Waals surface area contributed by atoms with Crippen LogP contribution in [-0.2, 0) is 6.42 Å². The van der Waals surface area contributed by atoms with Gasteiger partial charge in [-0.25, -0.2) is 0 Å². The summed E-state index contributed by atoms with van der Waals surface area (Å²) in [4.78, 5) is 2.42. The summed E-state index contributed by atoms with van der Waals surface area (Å²) in [6.45, 7) is 2.67. The highest BCUT2D eigenvalue weighted by Gasteiger charge is 2.14. The predicted octanol–water partition coefficient (Wildman–Crippen LogP) is 2.51. The van der Waals surface area contributed by atoms with Gasteiger partial charge in [0.25, 0.3) is 0 Å². The molecule has 19 heavy (non-hydrogen) atoms. The number of aliphatic hydroxyl groups excluding tert-OH is 1. The molecule has 1 heterocycles. The minimum absolute atomic E-state index is 0.270. The summed E-state index contributed by atoms with van der Waals surface area (Å²) in [5, 5.41) is 12.6. The Morgan fingerprint density at radius 1 is 1.32 bits per heavy atom. The number of benzene rings is 1. The van der Waals surface area contributed by atoms with Gasteiger partial charge < -0.3 is 15.3 Å². The van der Waals surface area contributed by atoms with E-state index in [0.29, 0.717) is 6.04 Å². The molecule has 0 aliphatic carbocycles. The van der Waals surface area contributed by atoms with Crippen LogP contribution >= 0.6 is 0 Å². The van der Waals surface area contributed by atoms with Crippen LogP contribution in [0.4, 0.5) is 5.69 Å². The Bertz CT molecular complexity index is 381. The summed E-state index contributed by atoms with van der Waals surface area (Å²) in [6.07, 6.45) is 5.55. The first-order chi connectivity index (χ1) is 9.28. The van der Waals surface area contributed by atoms with Gasteiger partial charge in [0.15, 0.2) is 0 Å². The van der Waals surface area contributed by atoms with Crippen LogP contribution < -0.4 is 5.32 Å². The molecule has 0 radical (unpaired) electrons. The lowest BCUT2D eigenvalue weighted by molar-refractivity contribution is 0.288. The van der Waals surface area contributed by atoms with Crippen molar-refractivity contribution >= 4 is 5.69 Å². The Morgan fingerprint density at radius 2 is 2.21 bits per heavy atom. The Labute approximate surface area is 116 Å². The van der Waals surface area contributed by atoms with Crippen molar-refractivity contribution in [1.82, 2.24) is 4.90 Å². The van der Waals surface area contributed by atoms with Crippen LogP contribution in [0, 0.1) is 0 Å². The minimum atomic E-state index is 0.270. The minimum Gasteiger partial charge on any atom is -0.396 e. The zero-order valence-electron chi connectivity index (χ0n) is 11.9. The standard InChI is InChI=1S/C16H26N2O/c1-18-10-3-8-15(9-11-18)17-16-7-2-5-14(13-16)6-4-12-19/h2,5,7,13,15,17,19H,3-4,6,8-12H2,1H3. The molecule has 0 bridgehead atoms. The zero-order valence-corrected chi connectivity index (χ0v) is 11.9. The van der Waals surface area contributed by atoms with E-state index in [4.69, 9.17) is 5.11 Å². The van der Waals surface area contributed by atoms with Crippen LogP contribution in [0.15, 0.2) is 24.3 Å². The molecule has 1 aromatic carbocycles. The molecule has 1 atom stereocenters. The van der Waals surface area contributed by atoms with E-state index >= 15 is 0 Å². The smallest absolute Gasteiger partial charge is 0.0434 e. The molecule has 0 saturated carbocycles. The van der Waals surface area contributed by atoms with Gasteiger partial charge >= 0.3 is 0 Å². The van der Waals surface area contributed by atoms with Gasteiger partial charge in [0.2, 0.25) is 0 Å². The summed E-state index contributed by atoms with van der Waals surface area (Å²) < 4.78 is 0. The number of hydrogen-bond acceptors (Lipinski definition) is 3. The molecule has 0 spiro atoms. The third kappa shape index (κ3) is 4.84. The fraction of sp³-hybridized carbons (Fsp3) is 0.625. The van der Waals surface area contributed by atoms with E-state index in [1.54, 1.807) is 0 Å². The van der Waals surface area contributed by atoms with Crippen molar-refractivity contribution in [2.75, 3.05) is 32.1 Å². The molecular weight excluding hydrogens is 236 g/mol. The molecule has 2 N–H and O–H groups in total. The number of aryl methyl sites for hydroxylation is 1. The molecule has 3 heteroatoms. The van der Waals surface area contributed by atoms with Crippen molar-refractivity contribution in [1.29, 1.82) is 0 Å². The van der Waals surface area contributed by atoms with E-state index in [9.17, 15) is 0 Å². The molecule has 3 nitrogen and oxygen atoms in total. The second-order valence-electron chi connectivity index (χ2n) is 5.60. The maximum atomic E-state index is 8.89. The van der Waals surface area contributed by atoms with Crippen molar-refractivity contribution in [2.24, 2.45) is 0 Å². The lowest BCUT2D eigenvalue weighted by Gasteiger charge is -2.18. The van der Waals surface area contributed by atoms with Gasteiger partial charge in [0.1, 0.15) is 0 Å². The first-order valence-electron chi connectivity index (χ1n) is 7.43. The van der Waals surface area contributed by atoms with E-state index in [2.05, 4.69) is 41.5 Å². The topological polar surface area (TPSA) is 35.5 Å². The first-order valence-corrected chi connectivity index (χ1v) is 7.43. The maximum absolute atomic E-state index is 8.89. The molecule has 1 aliphatic rings. The highest BCUT2D eigenvalue weighted by atomic mass is 16.2. The third-order valence-corrected chi connectivity index (χ3v) is 3.87.